The Balaban J connectivity index is 2.00. The summed E-state index contributed by atoms with van der Waals surface area (Å²) in [5, 5.41) is 3.45. The van der Waals surface area contributed by atoms with Crippen LogP contribution in [0.4, 0.5) is 18.9 Å². The molecule has 2 aromatic rings. The Morgan fingerprint density at radius 2 is 1.63 bits per heavy atom. The van der Waals surface area contributed by atoms with Gasteiger partial charge in [0.25, 0.3) is 0 Å². The Bertz CT molecular complexity index is 864. The minimum Gasteiger partial charge on any atom is -0.465 e. The van der Waals surface area contributed by atoms with E-state index in [1.807, 2.05) is 0 Å². The zero-order valence-corrected chi connectivity index (χ0v) is 13.8. The first-order chi connectivity index (χ1) is 12.7. The number of rotatable bonds is 5. The lowest BCUT2D eigenvalue weighted by Crippen LogP contribution is -2.17. The second-order valence-corrected chi connectivity index (χ2v) is 5.02. The van der Waals surface area contributed by atoms with Crippen molar-refractivity contribution in [3.63, 3.8) is 0 Å². The molecule has 0 spiro atoms. The number of oxime groups is 1. The predicted octanol–water partition coefficient (Wildman–Crippen LogP) is 3.14. The second-order valence-electron chi connectivity index (χ2n) is 5.02. The van der Waals surface area contributed by atoms with E-state index in [1.165, 1.54) is 37.4 Å². The van der Waals surface area contributed by atoms with Gasteiger partial charge in [-0.3, -0.25) is 0 Å². The average molecular weight is 382 g/mol. The Hall–Kier alpha value is -3.56. The van der Waals surface area contributed by atoms with Gasteiger partial charge in [0.05, 0.1) is 24.5 Å². The zero-order chi connectivity index (χ0) is 20.0. The summed E-state index contributed by atoms with van der Waals surface area (Å²) in [7, 11) is 1.23. The van der Waals surface area contributed by atoms with Crippen LogP contribution >= 0.6 is 0 Å². The molecule has 0 unspecified atom stereocenters. The fourth-order valence-electron chi connectivity index (χ4n) is 1.91. The molecular weight excluding hydrogens is 369 g/mol. The minimum absolute atomic E-state index is 0.0565. The fourth-order valence-corrected chi connectivity index (χ4v) is 1.91. The number of anilines is 1. The van der Waals surface area contributed by atoms with Gasteiger partial charge in [0.1, 0.15) is 5.75 Å². The Morgan fingerprint density at radius 3 is 2.15 bits per heavy atom. The number of hydrogen-bond donors (Lipinski definition) is 1. The standard InChI is InChI=1S/C17H13F3N2O5/c1-25-15(23)10-2-4-11(5-3-10)16(24)27-22-9-12-6-7-13(8-14(12)21)26-17(18,19)20/h2-9H,21H2,1H3/b22-9+. The fraction of sp³-hybridized carbons (Fsp3) is 0.118. The summed E-state index contributed by atoms with van der Waals surface area (Å²) in [6.45, 7) is 0. The smallest absolute Gasteiger partial charge is 0.465 e. The van der Waals surface area contributed by atoms with Gasteiger partial charge in [0.15, 0.2) is 0 Å². The molecule has 0 aromatic heterocycles. The van der Waals surface area contributed by atoms with Crippen LogP contribution in [0, 0.1) is 0 Å². The van der Waals surface area contributed by atoms with Gasteiger partial charge >= 0.3 is 18.3 Å². The normalized spacial score (nSPS) is 11.3. The van der Waals surface area contributed by atoms with Crippen molar-refractivity contribution in [2.24, 2.45) is 5.16 Å². The molecule has 0 saturated heterocycles. The maximum atomic E-state index is 12.1. The van der Waals surface area contributed by atoms with Crippen LogP contribution in [0.1, 0.15) is 26.3 Å². The molecule has 0 aliphatic carbocycles. The molecule has 0 fully saturated rings. The van der Waals surface area contributed by atoms with Crippen molar-refractivity contribution in [1.29, 1.82) is 0 Å². The predicted molar refractivity (Wildman–Crippen MR) is 88.3 cm³/mol. The molecule has 10 heteroatoms. The number of methoxy groups -OCH3 is 1. The average Bonchev–Trinajstić information content (AvgIpc) is 2.61. The third-order valence-electron chi connectivity index (χ3n) is 3.16. The molecular formula is C17H13F3N2O5. The number of nitrogens with zero attached hydrogens (tertiary/aromatic N) is 1. The summed E-state index contributed by atoms with van der Waals surface area (Å²) in [4.78, 5) is 27.8. The van der Waals surface area contributed by atoms with E-state index >= 15 is 0 Å². The number of halogens is 3. The zero-order valence-electron chi connectivity index (χ0n) is 13.8. The molecule has 2 rings (SSSR count). The monoisotopic (exact) mass is 382 g/mol. The Labute approximate surface area is 151 Å². The van der Waals surface area contributed by atoms with Crippen LogP contribution in [0.15, 0.2) is 47.6 Å². The highest BCUT2D eigenvalue weighted by Gasteiger charge is 2.31. The summed E-state index contributed by atoms with van der Waals surface area (Å²) in [5.74, 6) is -1.85. The van der Waals surface area contributed by atoms with Crippen LogP contribution in [0.3, 0.4) is 0 Å². The van der Waals surface area contributed by atoms with Crippen molar-refractivity contribution in [3.8, 4) is 5.75 Å². The van der Waals surface area contributed by atoms with E-state index < -0.39 is 24.1 Å². The molecule has 0 amide bonds. The molecule has 0 atom stereocenters. The molecule has 0 heterocycles. The van der Waals surface area contributed by atoms with Gasteiger partial charge in [-0.25, -0.2) is 9.59 Å². The summed E-state index contributed by atoms with van der Waals surface area (Å²) in [5.41, 5.74) is 6.15. The van der Waals surface area contributed by atoms with Gasteiger partial charge in [-0.2, -0.15) is 0 Å². The van der Waals surface area contributed by atoms with E-state index in [0.717, 1.165) is 18.3 Å². The van der Waals surface area contributed by atoms with Crippen LogP contribution in [-0.4, -0.2) is 31.6 Å². The van der Waals surface area contributed by atoms with Crippen molar-refractivity contribution in [3.05, 3.63) is 59.2 Å². The quantitative estimate of drug-likeness (QED) is 0.280. The molecule has 0 bridgehead atoms. The van der Waals surface area contributed by atoms with E-state index in [2.05, 4.69) is 19.5 Å². The first kappa shape index (κ1) is 19.8. The number of ether oxygens (including phenoxy) is 2. The number of alkyl halides is 3. The molecule has 2 aromatic carbocycles. The number of carbonyl (C=O) groups excluding carboxylic acids is 2. The van der Waals surface area contributed by atoms with Gasteiger partial charge in [-0.15, -0.1) is 13.2 Å². The van der Waals surface area contributed by atoms with Crippen LogP contribution < -0.4 is 10.5 Å². The summed E-state index contributed by atoms with van der Waals surface area (Å²) < 4.78 is 44.7. The van der Waals surface area contributed by atoms with Crippen LogP contribution in [0.5, 0.6) is 5.75 Å². The maximum absolute atomic E-state index is 12.1. The highest BCUT2D eigenvalue weighted by atomic mass is 19.4. The van der Waals surface area contributed by atoms with Crippen molar-refractivity contribution in [1.82, 2.24) is 0 Å². The Kier molecular flexibility index (Phi) is 6.01. The molecule has 7 nitrogen and oxygen atoms in total. The highest BCUT2D eigenvalue weighted by molar-refractivity contribution is 5.94. The molecule has 0 aliphatic heterocycles. The van der Waals surface area contributed by atoms with Crippen molar-refractivity contribution in [2.45, 2.75) is 6.36 Å². The minimum atomic E-state index is -4.83. The van der Waals surface area contributed by atoms with E-state index in [0.29, 0.717) is 0 Å². The lowest BCUT2D eigenvalue weighted by atomic mass is 10.1. The van der Waals surface area contributed by atoms with Crippen molar-refractivity contribution in [2.75, 3.05) is 12.8 Å². The number of hydrogen-bond acceptors (Lipinski definition) is 7. The number of esters is 1. The van der Waals surface area contributed by atoms with Crippen LogP contribution in [-0.2, 0) is 9.57 Å². The van der Waals surface area contributed by atoms with Crippen LogP contribution in [0.2, 0.25) is 0 Å². The first-order valence-corrected chi connectivity index (χ1v) is 7.28. The molecule has 0 radical (unpaired) electrons. The van der Waals surface area contributed by atoms with Crippen molar-refractivity contribution < 1.29 is 37.1 Å². The molecule has 142 valence electrons. The third kappa shape index (κ3) is 5.73. The van der Waals surface area contributed by atoms with Gasteiger partial charge in [-0.05, 0) is 36.4 Å². The number of nitrogen functional groups attached to an aromatic ring is 1. The van der Waals surface area contributed by atoms with E-state index in [-0.39, 0.29) is 22.4 Å². The van der Waals surface area contributed by atoms with Gasteiger partial charge < -0.3 is 20.0 Å². The van der Waals surface area contributed by atoms with E-state index in [4.69, 9.17) is 5.73 Å². The summed E-state index contributed by atoms with van der Waals surface area (Å²) in [6, 6.07) is 8.68. The number of carbonyl (C=O) groups is 2. The van der Waals surface area contributed by atoms with Crippen molar-refractivity contribution >= 4 is 23.8 Å². The molecule has 0 saturated carbocycles. The van der Waals surface area contributed by atoms with E-state index in [1.54, 1.807) is 0 Å². The van der Waals surface area contributed by atoms with Crippen LogP contribution in [0.25, 0.3) is 0 Å². The van der Waals surface area contributed by atoms with E-state index in [9.17, 15) is 22.8 Å². The van der Waals surface area contributed by atoms with Gasteiger partial charge in [0, 0.05) is 17.3 Å². The second kappa shape index (κ2) is 8.21. The number of nitrogens with two attached hydrogens (primary N) is 1. The third-order valence-corrected chi connectivity index (χ3v) is 3.16. The topological polar surface area (TPSA) is 100 Å². The maximum Gasteiger partial charge on any atom is 0.573 e. The largest absolute Gasteiger partial charge is 0.573 e. The highest BCUT2D eigenvalue weighted by Crippen LogP contribution is 2.25. The summed E-state index contributed by atoms with van der Waals surface area (Å²) in [6.07, 6.45) is -3.77. The lowest BCUT2D eigenvalue weighted by Gasteiger charge is -2.09. The molecule has 27 heavy (non-hydrogen) atoms. The summed E-state index contributed by atoms with van der Waals surface area (Å²) >= 11 is 0. The lowest BCUT2D eigenvalue weighted by molar-refractivity contribution is -0.274. The Morgan fingerprint density at radius 1 is 1.04 bits per heavy atom. The first-order valence-electron chi connectivity index (χ1n) is 7.28. The number of benzene rings is 2. The molecule has 2 N–H and O–H groups in total. The van der Waals surface area contributed by atoms with Gasteiger partial charge in [0.2, 0.25) is 0 Å². The van der Waals surface area contributed by atoms with Gasteiger partial charge in [-0.1, -0.05) is 5.16 Å². The SMILES string of the molecule is COC(=O)c1ccc(C(=O)O/N=C/c2ccc(OC(F)(F)F)cc2N)cc1. The molecule has 0 aliphatic rings.